The number of methoxy groups -OCH3 is 1. The molecule has 0 aliphatic rings. The Hall–Kier alpha value is -0.690. The Morgan fingerprint density at radius 2 is 2.27 bits per heavy atom. The minimum absolute atomic E-state index is 0.252. The van der Waals surface area contributed by atoms with Crippen LogP contribution in [0.3, 0.4) is 0 Å². The molecule has 2 rings (SSSR count). The maximum absolute atomic E-state index is 13.1. The van der Waals surface area contributed by atoms with Crippen LogP contribution in [-0.2, 0) is 0 Å². The van der Waals surface area contributed by atoms with Gasteiger partial charge in [0.25, 0.3) is 5.19 Å². The first kappa shape index (κ1) is 10.8. The standard InChI is InChI=1S/C10H7FINOS/c1-14-10-13-9(5-15-10)7-4-6(11)2-3-8(7)12/h2-5H,1H3. The van der Waals surface area contributed by atoms with Gasteiger partial charge in [0.05, 0.1) is 12.8 Å². The average molecular weight is 335 g/mol. The molecule has 0 saturated carbocycles. The molecule has 1 aromatic carbocycles. The van der Waals surface area contributed by atoms with Gasteiger partial charge in [0.15, 0.2) is 0 Å². The van der Waals surface area contributed by atoms with Crippen molar-refractivity contribution in [2.45, 2.75) is 0 Å². The quantitative estimate of drug-likeness (QED) is 0.783. The summed E-state index contributed by atoms with van der Waals surface area (Å²) in [7, 11) is 1.57. The Kier molecular flexibility index (Phi) is 3.20. The average Bonchev–Trinajstić information content (AvgIpc) is 2.70. The zero-order valence-electron chi connectivity index (χ0n) is 7.83. The van der Waals surface area contributed by atoms with Crippen molar-refractivity contribution in [3.63, 3.8) is 0 Å². The molecule has 1 aromatic heterocycles. The van der Waals surface area contributed by atoms with Gasteiger partial charge < -0.3 is 4.74 Å². The summed E-state index contributed by atoms with van der Waals surface area (Å²) in [5, 5.41) is 2.44. The van der Waals surface area contributed by atoms with Gasteiger partial charge in [0, 0.05) is 14.5 Å². The highest BCUT2D eigenvalue weighted by molar-refractivity contribution is 14.1. The maximum Gasteiger partial charge on any atom is 0.273 e. The van der Waals surface area contributed by atoms with Crippen molar-refractivity contribution in [2.75, 3.05) is 7.11 Å². The van der Waals surface area contributed by atoms with Crippen molar-refractivity contribution >= 4 is 33.9 Å². The molecular formula is C10H7FINOS. The molecule has 0 fully saturated rings. The Bertz CT molecular complexity index is 486. The van der Waals surface area contributed by atoms with Gasteiger partial charge in [-0.25, -0.2) is 9.37 Å². The number of hydrogen-bond acceptors (Lipinski definition) is 3. The van der Waals surface area contributed by atoms with Crippen molar-refractivity contribution < 1.29 is 9.13 Å². The molecule has 0 atom stereocenters. The fraction of sp³-hybridized carbons (Fsp3) is 0.100. The van der Waals surface area contributed by atoms with E-state index in [9.17, 15) is 4.39 Å². The summed E-state index contributed by atoms with van der Waals surface area (Å²) in [5.41, 5.74) is 1.55. The summed E-state index contributed by atoms with van der Waals surface area (Å²) in [6.45, 7) is 0. The van der Waals surface area contributed by atoms with Gasteiger partial charge in [-0.1, -0.05) is 11.3 Å². The molecule has 78 valence electrons. The van der Waals surface area contributed by atoms with E-state index in [0.717, 1.165) is 14.8 Å². The molecule has 0 unspecified atom stereocenters. The second kappa shape index (κ2) is 4.44. The number of hydrogen-bond donors (Lipinski definition) is 0. The van der Waals surface area contributed by atoms with Crippen molar-refractivity contribution in [3.05, 3.63) is 33.0 Å². The Labute approximate surface area is 104 Å². The van der Waals surface area contributed by atoms with Crippen molar-refractivity contribution in [1.29, 1.82) is 0 Å². The SMILES string of the molecule is COc1nc(-c2cc(F)ccc2I)cs1. The fourth-order valence-corrected chi connectivity index (χ4v) is 2.42. The number of benzene rings is 1. The summed E-state index contributed by atoms with van der Waals surface area (Å²) in [4.78, 5) is 4.23. The van der Waals surface area contributed by atoms with E-state index in [-0.39, 0.29) is 5.82 Å². The van der Waals surface area contributed by atoms with Gasteiger partial charge in [-0.05, 0) is 40.8 Å². The summed E-state index contributed by atoms with van der Waals surface area (Å²) >= 11 is 3.56. The smallest absolute Gasteiger partial charge is 0.273 e. The third-order valence-corrected chi connectivity index (χ3v) is 3.60. The molecule has 2 aromatic rings. The molecule has 15 heavy (non-hydrogen) atoms. The molecule has 2 nitrogen and oxygen atoms in total. The second-order valence-corrected chi connectivity index (χ2v) is 4.81. The predicted octanol–water partition coefficient (Wildman–Crippen LogP) is 3.56. The van der Waals surface area contributed by atoms with Gasteiger partial charge in [-0.15, -0.1) is 0 Å². The Morgan fingerprint density at radius 1 is 1.47 bits per heavy atom. The molecule has 0 amide bonds. The van der Waals surface area contributed by atoms with Crippen LogP contribution in [0.25, 0.3) is 11.3 Å². The third-order valence-electron chi connectivity index (χ3n) is 1.86. The van der Waals surface area contributed by atoms with Gasteiger partial charge in [0.1, 0.15) is 5.82 Å². The van der Waals surface area contributed by atoms with Crippen molar-refractivity contribution in [3.8, 4) is 16.5 Å². The lowest BCUT2D eigenvalue weighted by Gasteiger charge is -2.00. The van der Waals surface area contributed by atoms with E-state index in [1.54, 1.807) is 13.2 Å². The minimum Gasteiger partial charge on any atom is -0.473 e. The van der Waals surface area contributed by atoms with Gasteiger partial charge in [-0.2, -0.15) is 0 Å². The van der Waals surface area contributed by atoms with E-state index in [2.05, 4.69) is 27.6 Å². The highest BCUT2D eigenvalue weighted by atomic mass is 127. The first-order valence-corrected chi connectivity index (χ1v) is 6.11. The van der Waals surface area contributed by atoms with Gasteiger partial charge in [0.2, 0.25) is 0 Å². The zero-order valence-corrected chi connectivity index (χ0v) is 10.8. The number of halogens is 2. The number of nitrogens with zero attached hydrogens (tertiary/aromatic N) is 1. The fourth-order valence-electron chi connectivity index (χ4n) is 1.17. The summed E-state index contributed by atoms with van der Waals surface area (Å²) in [6.07, 6.45) is 0. The molecule has 0 N–H and O–H groups in total. The van der Waals surface area contributed by atoms with E-state index in [1.165, 1.54) is 23.5 Å². The van der Waals surface area contributed by atoms with E-state index in [4.69, 9.17) is 4.74 Å². The number of ether oxygens (including phenoxy) is 1. The normalized spacial score (nSPS) is 10.3. The first-order chi connectivity index (χ1) is 7.20. The van der Waals surface area contributed by atoms with E-state index in [0.29, 0.717) is 5.19 Å². The zero-order chi connectivity index (χ0) is 10.8. The van der Waals surface area contributed by atoms with Gasteiger partial charge in [-0.3, -0.25) is 0 Å². The summed E-state index contributed by atoms with van der Waals surface area (Å²) in [5.74, 6) is -0.252. The Balaban J connectivity index is 2.48. The van der Waals surface area contributed by atoms with Crippen LogP contribution in [0.15, 0.2) is 23.6 Å². The molecule has 0 aliphatic carbocycles. The number of aromatic nitrogens is 1. The van der Waals surface area contributed by atoms with Crippen molar-refractivity contribution in [1.82, 2.24) is 4.98 Å². The molecule has 5 heteroatoms. The molecule has 0 radical (unpaired) electrons. The molecule has 0 saturated heterocycles. The van der Waals surface area contributed by atoms with Crippen LogP contribution < -0.4 is 4.74 Å². The van der Waals surface area contributed by atoms with E-state index in [1.807, 2.05) is 5.38 Å². The lowest BCUT2D eigenvalue weighted by molar-refractivity contribution is 0.412. The van der Waals surface area contributed by atoms with Crippen LogP contribution in [0.2, 0.25) is 0 Å². The molecule has 0 spiro atoms. The first-order valence-electron chi connectivity index (χ1n) is 4.15. The van der Waals surface area contributed by atoms with Crippen LogP contribution in [0, 0.1) is 9.39 Å². The molecule has 0 bridgehead atoms. The molecular weight excluding hydrogens is 328 g/mol. The van der Waals surface area contributed by atoms with Crippen LogP contribution in [0.5, 0.6) is 5.19 Å². The maximum atomic E-state index is 13.1. The predicted molar refractivity (Wildman–Crippen MR) is 66.8 cm³/mol. The highest BCUT2D eigenvalue weighted by Crippen LogP contribution is 2.29. The van der Waals surface area contributed by atoms with Crippen LogP contribution in [-0.4, -0.2) is 12.1 Å². The van der Waals surface area contributed by atoms with E-state index >= 15 is 0 Å². The number of rotatable bonds is 2. The number of thiazole rings is 1. The largest absolute Gasteiger partial charge is 0.473 e. The third kappa shape index (κ3) is 2.28. The van der Waals surface area contributed by atoms with Crippen LogP contribution in [0.1, 0.15) is 0 Å². The second-order valence-electron chi connectivity index (χ2n) is 2.83. The molecule has 1 heterocycles. The van der Waals surface area contributed by atoms with Crippen molar-refractivity contribution in [2.24, 2.45) is 0 Å². The minimum atomic E-state index is -0.252. The summed E-state index contributed by atoms with van der Waals surface area (Å²) < 4.78 is 19.0. The summed E-state index contributed by atoms with van der Waals surface area (Å²) in [6, 6.07) is 4.65. The van der Waals surface area contributed by atoms with E-state index < -0.39 is 0 Å². The Morgan fingerprint density at radius 3 is 2.93 bits per heavy atom. The topological polar surface area (TPSA) is 22.1 Å². The van der Waals surface area contributed by atoms with Gasteiger partial charge >= 0.3 is 0 Å². The molecule has 0 aliphatic heterocycles. The monoisotopic (exact) mass is 335 g/mol. The van der Waals surface area contributed by atoms with Crippen LogP contribution >= 0.6 is 33.9 Å². The van der Waals surface area contributed by atoms with Crippen LogP contribution in [0.4, 0.5) is 4.39 Å². The lowest BCUT2D eigenvalue weighted by Crippen LogP contribution is -1.86. The lowest BCUT2D eigenvalue weighted by atomic mass is 10.2. The highest BCUT2D eigenvalue weighted by Gasteiger charge is 2.09.